The van der Waals surface area contributed by atoms with E-state index in [4.69, 9.17) is 25.7 Å². The molecule has 0 aromatic carbocycles. The molecule has 0 saturated carbocycles. The molecule has 3 unspecified atom stereocenters. The molecule has 3 rings (SSSR count). The molecule has 2 aromatic rings. The van der Waals surface area contributed by atoms with Crippen molar-refractivity contribution in [1.29, 1.82) is 0 Å². The van der Waals surface area contributed by atoms with Gasteiger partial charge in [-0.15, -0.1) is 0 Å². The van der Waals surface area contributed by atoms with Crippen molar-refractivity contribution in [3.63, 3.8) is 0 Å². The summed E-state index contributed by atoms with van der Waals surface area (Å²) < 4.78 is 18.6. The average molecular weight is 378 g/mol. The number of ether oxygens (including phenoxy) is 3. The Kier molecular flexibility index (Phi) is 5.76. The van der Waals surface area contributed by atoms with Gasteiger partial charge in [-0.1, -0.05) is 13.8 Å². The highest BCUT2D eigenvalue weighted by Crippen LogP contribution is 2.32. The van der Waals surface area contributed by atoms with Gasteiger partial charge in [-0.2, -0.15) is 9.97 Å². The van der Waals surface area contributed by atoms with Crippen LogP contribution in [-0.4, -0.2) is 50.8 Å². The zero-order valence-corrected chi connectivity index (χ0v) is 15.8. The Labute approximate surface area is 157 Å². The topological polar surface area (TPSA) is 140 Å². The average Bonchev–Trinajstić information content (AvgIpc) is 3.25. The lowest BCUT2D eigenvalue weighted by Crippen LogP contribution is -2.38. The molecule has 10 nitrogen and oxygen atoms in total. The monoisotopic (exact) mass is 378 g/mol. The molecule has 1 aliphatic rings. The van der Waals surface area contributed by atoms with Crippen LogP contribution in [0.15, 0.2) is 6.33 Å². The van der Waals surface area contributed by atoms with E-state index in [9.17, 15) is 4.79 Å². The lowest BCUT2D eigenvalue weighted by Gasteiger charge is -2.18. The van der Waals surface area contributed by atoms with Gasteiger partial charge in [0.2, 0.25) is 11.8 Å². The number of nitrogens with zero attached hydrogens (tertiary/aromatic N) is 4. The summed E-state index contributed by atoms with van der Waals surface area (Å²) in [4.78, 5) is 24.6. The Hall–Kier alpha value is -2.46. The Bertz CT molecular complexity index is 808. The lowest BCUT2D eigenvalue weighted by molar-refractivity contribution is -0.151. The van der Waals surface area contributed by atoms with Gasteiger partial charge in [0.1, 0.15) is 18.9 Å². The Morgan fingerprint density at radius 3 is 2.89 bits per heavy atom. The normalized spacial score (nSPS) is 20.9. The summed E-state index contributed by atoms with van der Waals surface area (Å²) in [6.07, 6.45) is 2.63. The predicted molar refractivity (Wildman–Crippen MR) is 97.8 cm³/mol. The highest BCUT2D eigenvalue weighted by Gasteiger charge is 2.30. The van der Waals surface area contributed by atoms with E-state index in [0.29, 0.717) is 23.7 Å². The maximum atomic E-state index is 11.9. The van der Waals surface area contributed by atoms with Crippen molar-refractivity contribution < 1.29 is 19.0 Å². The largest absolute Gasteiger partial charge is 0.476 e. The minimum atomic E-state index is -0.628. The van der Waals surface area contributed by atoms with Gasteiger partial charge in [-0.3, -0.25) is 9.36 Å². The van der Waals surface area contributed by atoms with Crippen LogP contribution in [0, 0.1) is 5.92 Å². The molecule has 2 aromatic heterocycles. The first-order valence-corrected chi connectivity index (χ1v) is 9.11. The molecule has 0 amide bonds. The molecule has 148 valence electrons. The van der Waals surface area contributed by atoms with Crippen molar-refractivity contribution in [3.8, 4) is 5.88 Å². The van der Waals surface area contributed by atoms with Crippen molar-refractivity contribution in [2.24, 2.45) is 11.7 Å². The summed E-state index contributed by atoms with van der Waals surface area (Å²) >= 11 is 0. The number of rotatable bonds is 7. The van der Waals surface area contributed by atoms with Crippen molar-refractivity contribution in [2.45, 2.75) is 52.0 Å². The van der Waals surface area contributed by atoms with Crippen LogP contribution in [0.2, 0.25) is 0 Å². The summed E-state index contributed by atoms with van der Waals surface area (Å²) in [6.45, 7) is 6.23. The standard InChI is InChI=1S/C17H26N6O4/c1-4-25-15-13-14(21-17(19)22-15)23(8-20-13)11-6-5-10(27-11)7-26-16(24)12(18)9(2)3/h8-12H,4-7,18H2,1-3H3,(H2,19,21,22). The first-order valence-electron chi connectivity index (χ1n) is 9.11. The molecule has 3 heterocycles. The van der Waals surface area contributed by atoms with Crippen LogP contribution in [-0.2, 0) is 14.3 Å². The van der Waals surface area contributed by atoms with Crippen LogP contribution >= 0.6 is 0 Å². The van der Waals surface area contributed by atoms with Crippen molar-refractivity contribution in [1.82, 2.24) is 19.5 Å². The molecule has 3 atom stereocenters. The number of anilines is 1. The van der Waals surface area contributed by atoms with Crippen LogP contribution in [0.1, 0.15) is 39.8 Å². The SMILES string of the molecule is CCOc1nc(N)nc2c1ncn2C1CCC(COC(=O)C(N)C(C)C)O1. The van der Waals surface area contributed by atoms with E-state index in [1.54, 1.807) is 10.9 Å². The summed E-state index contributed by atoms with van der Waals surface area (Å²) in [5.74, 6) is 0.0764. The van der Waals surface area contributed by atoms with Gasteiger partial charge in [0.05, 0.1) is 19.0 Å². The van der Waals surface area contributed by atoms with Crippen molar-refractivity contribution >= 4 is 23.1 Å². The van der Waals surface area contributed by atoms with Crippen LogP contribution < -0.4 is 16.2 Å². The smallest absolute Gasteiger partial charge is 0.323 e. The Morgan fingerprint density at radius 1 is 1.41 bits per heavy atom. The maximum absolute atomic E-state index is 11.9. The number of nitrogen functional groups attached to an aromatic ring is 1. The van der Waals surface area contributed by atoms with Crippen molar-refractivity contribution in [3.05, 3.63) is 6.33 Å². The van der Waals surface area contributed by atoms with Crippen molar-refractivity contribution in [2.75, 3.05) is 18.9 Å². The molecule has 0 spiro atoms. The zero-order valence-electron chi connectivity index (χ0n) is 15.8. The Morgan fingerprint density at radius 2 is 2.19 bits per heavy atom. The second-order valence-electron chi connectivity index (χ2n) is 6.83. The molecular weight excluding hydrogens is 352 g/mol. The second kappa shape index (κ2) is 8.05. The molecule has 4 N–H and O–H groups in total. The fraction of sp³-hybridized carbons (Fsp3) is 0.647. The minimum absolute atomic E-state index is 0.0248. The van der Waals surface area contributed by atoms with Gasteiger partial charge in [-0.05, 0) is 25.7 Å². The number of esters is 1. The number of hydrogen-bond acceptors (Lipinski definition) is 9. The molecule has 10 heteroatoms. The number of nitrogens with two attached hydrogens (primary N) is 2. The van der Waals surface area contributed by atoms with E-state index in [1.165, 1.54) is 0 Å². The number of carbonyl (C=O) groups excluding carboxylic acids is 1. The van der Waals surface area contributed by atoms with E-state index in [1.807, 2.05) is 20.8 Å². The van der Waals surface area contributed by atoms with Crippen LogP contribution in [0.3, 0.4) is 0 Å². The zero-order chi connectivity index (χ0) is 19.6. The van der Waals surface area contributed by atoms with Gasteiger partial charge in [0.25, 0.3) is 0 Å². The second-order valence-corrected chi connectivity index (χ2v) is 6.83. The fourth-order valence-electron chi connectivity index (χ4n) is 2.91. The molecule has 1 aliphatic heterocycles. The van der Waals surface area contributed by atoms with Crippen LogP contribution in [0.5, 0.6) is 5.88 Å². The van der Waals surface area contributed by atoms with Gasteiger partial charge < -0.3 is 25.7 Å². The molecule has 1 saturated heterocycles. The van der Waals surface area contributed by atoms with Gasteiger partial charge in [0, 0.05) is 0 Å². The Balaban J connectivity index is 1.68. The van der Waals surface area contributed by atoms with E-state index in [0.717, 1.165) is 12.8 Å². The first-order chi connectivity index (χ1) is 12.9. The summed E-state index contributed by atoms with van der Waals surface area (Å²) in [5, 5.41) is 0. The number of imidazole rings is 1. The third-order valence-electron chi connectivity index (χ3n) is 4.49. The number of hydrogen-bond donors (Lipinski definition) is 2. The lowest BCUT2D eigenvalue weighted by atomic mass is 10.1. The van der Waals surface area contributed by atoms with Gasteiger partial charge in [-0.25, -0.2) is 4.98 Å². The van der Waals surface area contributed by atoms with E-state index in [-0.39, 0.29) is 30.8 Å². The third kappa shape index (κ3) is 4.11. The van der Waals surface area contributed by atoms with E-state index in [2.05, 4.69) is 15.0 Å². The molecule has 0 radical (unpaired) electrons. The fourth-order valence-corrected chi connectivity index (χ4v) is 2.91. The van der Waals surface area contributed by atoms with E-state index >= 15 is 0 Å². The molecule has 0 bridgehead atoms. The van der Waals surface area contributed by atoms with E-state index < -0.39 is 12.0 Å². The van der Waals surface area contributed by atoms with Gasteiger partial charge >= 0.3 is 5.97 Å². The van der Waals surface area contributed by atoms with Crippen LogP contribution in [0.25, 0.3) is 11.2 Å². The number of aromatic nitrogens is 4. The first kappa shape index (κ1) is 19.3. The highest BCUT2D eigenvalue weighted by atomic mass is 16.6. The predicted octanol–water partition coefficient (Wildman–Crippen LogP) is 1.01. The molecular formula is C17H26N6O4. The minimum Gasteiger partial charge on any atom is -0.476 e. The summed E-state index contributed by atoms with van der Waals surface area (Å²) in [5.41, 5.74) is 12.7. The number of fused-ring (bicyclic) bond motifs is 1. The van der Waals surface area contributed by atoms with Gasteiger partial charge in [0.15, 0.2) is 11.2 Å². The van der Waals surface area contributed by atoms with Crippen LogP contribution in [0.4, 0.5) is 5.95 Å². The molecule has 0 aliphatic carbocycles. The maximum Gasteiger partial charge on any atom is 0.323 e. The highest BCUT2D eigenvalue weighted by molar-refractivity contribution is 5.77. The quantitative estimate of drug-likeness (QED) is 0.675. The molecule has 27 heavy (non-hydrogen) atoms. The molecule has 1 fully saturated rings. The summed E-state index contributed by atoms with van der Waals surface area (Å²) in [7, 11) is 0. The number of carbonyl (C=O) groups is 1. The summed E-state index contributed by atoms with van der Waals surface area (Å²) in [6, 6.07) is -0.628. The third-order valence-corrected chi connectivity index (χ3v) is 4.49.